The highest BCUT2D eigenvalue weighted by molar-refractivity contribution is 6.30. The summed E-state index contributed by atoms with van der Waals surface area (Å²) in [4.78, 5) is 41.6. The lowest BCUT2D eigenvalue weighted by Gasteiger charge is -2.34. The molecule has 2 fully saturated rings. The molecule has 3 heterocycles. The minimum Gasteiger partial charge on any atom is -0.459 e. The smallest absolute Gasteiger partial charge is 0.292 e. The van der Waals surface area contributed by atoms with Gasteiger partial charge in [-0.05, 0) is 36.4 Å². The van der Waals surface area contributed by atoms with E-state index in [1.807, 2.05) is 0 Å². The van der Waals surface area contributed by atoms with Gasteiger partial charge in [0.1, 0.15) is 0 Å². The Bertz CT molecular complexity index is 858. The largest absolute Gasteiger partial charge is 0.459 e. The fraction of sp³-hybridized carbons (Fsp3) is 0.316. The monoisotopic (exact) mass is 388 g/mol. The molecule has 1 aromatic carbocycles. The maximum Gasteiger partial charge on any atom is 0.292 e. The molecular weight excluding hydrogens is 370 g/mol. The third-order valence-corrected chi connectivity index (χ3v) is 5.40. The van der Waals surface area contributed by atoms with Gasteiger partial charge in [-0.25, -0.2) is 4.90 Å². The number of hydrogen-bond donors (Lipinski definition) is 1. The van der Waals surface area contributed by atoms with Gasteiger partial charge < -0.3 is 14.2 Å². The molecule has 1 aromatic heterocycles. The summed E-state index contributed by atoms with van der Waals surface area (Å²) in [5, 5.41) is 0.553. The molecule has 27 heavy (non-hydrogen) atoms. The quantitative estimate of drug-likeness (QED) is 0.782. The first-order valence-electron chi connectivity index (χ1n) is 8.84. The predicted octanol–water partition coefficient (Wildman–Crippen LogP) is 0.606. The Balaban J connectivity index is 1.41. The second-order valence-corrected chi connectivity index (χ2v) is 7.16. The van der Waals surface area contributed by atoms with E-state index in [9.17, 15) is 14.4 Å². The van der Waals surface area contributed by atoms with Crippen molar-refractivity contribution in [1.29, 1.82) is 0 Å². The van der Waals surface area contributed by atoms with Crippen molar-refractivity contribution in [2.75, 3.05) is 31.1 Å². The van der Waals surface area contributed by atoms with Crippen LogP contribution < -0.4 is 9.80 Å². The molecule has 8 heteroatoms. The van der Waals surface area contributed by atoms with E-state index in [0.717, 1.165) is 4.90 Å². The highest BCUT2D eigenvalue weighted by Crippen LogP contribution is 2.23. The summed E-state index contributed by atoms with van der Waals surface area (Å²) in [6, 6.07) is 9.60. The van der Waals surface area contributed by atoms with Crippen LogP contribution in [0.5, 0.6) is 0 Å². The minimum absolute atomic E-state index is 0.143. The van der Waals surface area contributed by atoms with Crippen molar-refractivity contribution >= 4 is 35.0 Å². The highest BCUT2D eigenvalue weighted by atomic mass is 35.5. The number of furan rings is 1. The number of hydrogen-bond acceptors (Lipinski definition) is 4. The second kappa shape index (κ2) is 7.17. The normalized spacial score (nSPS) is 21.1. The van der Waals surface area contributed by atoms with Crippen LogP contribution in [0, 0.1) is 0 Å². The van der Waals surface area contributed by atoms with Crippen molar-refractivity contribution in [3.05, 3.63) is 53.4 Å². The van der Waals surface area contributed by atoms with Crippen LogP contribution in [0.15, 0.2) is 47.1 Å². The molecule has 0 spiro atoms. The summed E-state index contributed by atoms with van der Waals surface area (Å²) in [5.74, 6) is -0.216. The number of carbonyl (C=O) groups is 3. The Hall–Kier alpha value is -2.64. The summed E-state index contributed by atoms with van der Waals surface area (Å²) >= 11 is 5.89. The molecule has 2 saturated heterocycles. The fourth-order valence-corrected chi connectivity index (χ4v) is 3.84. The van der Waals surface area contributed by atoms with E-state index in [0.29, 0.717) is 42.6 Å². The molecule has 0 aliphatic carbocycles. The first-order chi connectivity index (χ1) is 13.0. The third-order valence-electron chi connectivity index (χ3n) is 5.15. The summed E-state index contributed by atoms with van der Waals surface area (Å²) < 4.78 is 5.16. The van der Waals surface area contributed by atoms with E-state index in [1.165, 1.54) is 11.2 Å². The number of anilines is 1. The lowest BCUT2D eigenvalue weighted by Crippen LogP contribution is -3.19. The van der Waals surface area contributed by atoms with Crippen LogP contribution in [-0.4, -0.2) is 54.8 Å². The number of rotatable bonds is 3. The molecule has 7 nitrogen and oxygen atoms in total. The van der Waals surface area contributed by atoms with Crippen LogP contribution in [0.25, 0.3) is 0 Å². The molecule has 3 amide bonds. The van der Waals surface area contributed by atoms with Gasteiger partial charge in [0.2, 0.25) is 5.91 Å². The minimum atomic E-state index is -0.408. The van der Waals surface area contributed by atoms with Gasteiger partial charge in [0.25, 0.3) is 11.8 Å². The molecule has 2 aliphatic rings. The Morgan fingerprint density at radius 1 is 1.11 bits per heavy atom. The van der Waals surface area contributed by atoms with Crippen molar-refractivity contribution < 1.29 is 23.7 Å². The number of amides is 3. The Kier molecular flexibility index (Phi) is 4.72. The van der Waals surface area contributed by atoms with Gasteiger partial charge in [0.05, 0.1) is 44.6 Å². The van der Waals surface area contributed by atoms with Gasteiger partial charge in [-0.15, -0.1) is 0 Å². The zero-order chi connectivity index (χ0) is 19.0. The molecule has 0 unspecified atom stereocenters. The predicted molar refractivity (Wildman–Crippen MR) is 97.7 cm³/mol. The van der Waals surface area contributed by atoms with Crippen LogP contribution in [-0.2, 0) is 9.59 Å². The van der Waals surface area contributed by atoms with E-state index in [4.69, 9.17) is 16.0 Å². The van der Waals surface area contributed by atoms with E-state index in [2.05, 4.69) is 0 Å². The van der Waals surface area contributed by atoms with E-state index in [1.54, 1.807) is 41.3 Å². The van der Waals surface area contributed by atoms with Crippen molar-refractivity contribution in [3.8, 4) is 0 Å². The van der Waals surface area contributed by atoms with Gasteiger partial charge in [0.15, 0.2) is 11.8 Å². The van der Waals surface area contributed by atoms with Crippen molar-refractivity contribution in [2.45, 2.75) is 12.5 Å². The molecule has 0 bridgehead atoms. The summed E-state index contributed by atoms with van der Waals surface area (Å²) in [6.07, 6.45) is 1.66. The molecule has 140 valence electrons. The molecule has 2 aromatic rings. The van der Waals surface area contributed by atoms with Gasteiger partial charge in [-0.2, -0.15) is 0 Å². The zero-order valence-corrected chi connectivity index (χ0v) is 15.3. The number of nitrogens with one attached hydrogen (secondary N) is 1. The van der Waals surface area contributed by atoms with E-state index >= 15 is 0 Å². The lowest BCUT2D eigenvalue weighted by atomic mass is 10.1. The van der Waals surface area contributed by atoms with Gasteiger partial charge >= 0.3 is 0 Å². The van der Waals surface area contributed by atoms with Gasteiger partial charge in [-0.1, -0.05) is 11.6 Å². The topological polar surface area (TPSA) is 75.3 Å². The molecular formula is C19H19ClN3O4+. The number of carbonyl (C=O) groups excluding carboxylic acids is 3. The summed E-state index contributed by atoms with van der Waals surface area (Å²) in [7, 11) is 0. The number of quaternary nitrogens is 1. The molecule has 4 rings (SSSR count). The van der Waals surface area contributed by atoms with E-state index < -0.39 is 6.04 Å². The number of nitrogens with zero attached hydrogens (tertiary/aromatic N) is 2. The maximum atomic E-state index is 12.9. The number of imide groups is 1. The number of benzene rings is 1. The average Bonchev–Trinajstić information content (AvgIpc) is 3.31. The zero-order valence-electron chi connectivity index (χ0n) is 14.6. The number of halogens is 1. The van der Waals surface area contributed by atoms with Crippen LogP contribution in [0.1, 0.15) is 17.0 Å². The van der Waals surface area contributed by atoms with Crippen molar-refractivity contribution in [1.82, 2.24) is 4.90 Å². The van der Waals surface area contributed by atoms with Gasteiger partial charge in [0, 0.05) is 5.02 Å². The molecule has 0 radical (unpaired) electrons. The summed E-state index contributed by atoms with van der Waals surface area (Å²) in [5.41, 5.74) is 0.544. The Morgan fingerprint density at radius 3 is 2.44 bits per heavy atom. The summed E-state index contributed by atoms with van der Waals surface area (Å²) in [6.45, 7) is 2.27. The molecule has 1 N–H and O–H groups in total. The van der Waals surface area contributed by atoms with Crippen LogP contribution >= 0.6 is 11.6 Å². The van der Waals surface area contributed by atoms with Crippen LogP contribution in [0.4, 0.5) is 5.69 Å². The van der Waals surface area contributed by atoms with Crippen LogP contribution in [0.2, 0.25) is 5.02 Å². The van der Waals surface area contributed by atoms with Gasteiger partial charge in [-0.3, -0.25) is 14.4 Å². The Morgan fingerprint density at radius 2 is 1.81 bits per heavy atom. The SMILES string of the molecule is O=C(c1ccco1)N1CC[NH+]([C@@H]2CC(=O)N(c3ccc(Cl)cc3)C2=O)CC1. The van der Waals surface area contributed by atoms with Crippen molar-refractivity contribution in [3.63, 3.8) is 0 Å². The number of piperazine rings is 1. The average molecular weight is 389 g/mol. The van der Waals surface area contributed by atoms with Crippen molar-refractivity contribution in [2.24, 2.45) is 0 Å². The lowest BCUT2D eigenvalue weighted by molar-refractivity contribution is -0.918. The molecule has 0 saturated carbocycles. The first kappa shape index (κ1) is 17.8. The first-order valence-corrected chi connectivity index (χ1v) is 9.22. The molecule has 1 atom stereocenters. The second-order valence-electron chi connectivity index (χ2n) is 6.73. The van der Waals surface area contributed by atoms with E-state index in [-0.39, 0.29) is 24.1 Å². The fourth-order valence-electron chi connectivity index (χ4n) is 3.71. The third kappa shape index (κ3) is 3.36. The maximum absolute atomic E-state index is 12.9. The van der Waals surface area contributed by atoms with Crippen LogP contribution in [0.3, 0.4) is 0 Å². The molecule has 2 aliphatic heterocycles. The Labute approximate surface area is 161 Å². The standard InChI is InChI=1S/C19H18ClN3O4/c20-13-3-5-14(6-4-13)23-17(24)12-15(18(23)25)21-7-9-22(10-8-21)19(26)16-2-1-11-27-16/h1-6,11,15H,7-10,12H2/p+1/t15-/m1/s1. The highest BCUT2D eigenvalue weighted by Gasteiger charge is 2.46.